The minimum absolute atomic E-state index is 0.0407. The first kappa shape index (κ1) is 19.5. The molecule has 2 N–H and O–H groups in total. The van der Waals surface area contributed by atoms with Crippen LogP contribution in [0.15, 0.2) is 42.6 Å². The van der Waals surface area contributed by atoms with Gasteiger partial charge in [0.15, 0.2) is 5.82 Å². The summed E-state index contributed by atoms with van der Waals surface area (Å²) < 4.78 is 38.7. The molecule has 1 aromatic carbocycles. The number of pyridine rings is 1. The van der Waals surface area contributed by atoms with Gasteiger partial charge in [0.1, 0.15) is 6.10 Å². The number of aliphatic hydroxyl groups excluding tert-OH is 1. The quantitative estimate of drug-likeness (QED) is 0.821. The molecule has 2 aliphatic rings. The summed E-state index contributed by atoms with van der Waals surface area (Å²) in [5.74, 6) is 0.313. The number of nitrogens with zero attached hydrogens (tertiary/aromatic N) is 3. The smallest absolute Gasteiger partial charge is 0.384 e. The summed E-state index contributed by atoms with van der Waals surface area (Å²) >= 11 is 0. The molecule has 0 saturated carbocycles. The van der Waals surface area contributed by atoms with Crippen LogP contribution in [0.5, 0.6) is 0 Å². The highest BCUT2D eigenvalue weighted by molar-refractivity contribution is 5.81. The lowest BCUT2D eigenvalue weighted by Gasteiger charge is -2.40. The van der Waals surface area contributed by atoms with Crippen molar-refractivity contribution in [3.05, 3.63) is 48.2 Å². The van der Waals surface area contributed by atoms with Crippen molar-refractivity contribution in [2.45, 2.75) is 37.7 Å². The highest BCUT2D eigenvalue weighted by Crippen LogP contribution is 2.42. The van der Waals surface area contributed by atoms with Crippen LogP contribution in [-0.2, 0) is 11.0 Å². The summed E-state index contributed by atoms with van der Waals surface area (Å²) in [6.45, 7) is 2.54. The fourth-order valence-electron chi connectivity index (χ4n) is 3.98. The van der Waals surface area contributed by atoms with Crippen molar-refractivity contribution >= 4 is 23.1 Å². The summed E-state index contributed by atoms with van der Waals surface area (Å²) in [5.41, 5.74) is 0.780. The standard InChI is InChI=1S/C20H21F3N4O2/c1-12(28)19(29)25-14-9-16-11-26(15-6-4-13(5-7-15)20(21,22)23)17-3-2-8-24-18(17)27(16)10-14/h2-8,12,14,16,28H,9-11H2,1H3,(H,25,29)/t12-,14-,16-/m1/s1. The van der Waals surface area contributed by atoms with Gasteiger partial charge in [0.25, 0.3) is 0 Å². The first-order chi connectivity index (χ1) is 13.7. The largest absolute Gasteiger partial charge is 0.416 e. The average Bonchev–Trinajstić information content (AvgIpc) is 3.09. The molecule has 29 heavy (non-hydrogen) atoms. The van der Waals surface area contributed by atoms with Crippen LogP contribution in [0.25, 0.3) is 0 Å². The lowest BCUT2D eigenvalue weighted by molar-refractivity contribution is -0.137. The molecule has 0 aliphatic carbocycles. The van der Waals surface area contributed by atoms with E-state index in [-0.39, 0.29) is 12.1 Å². The predicted octanol–water partition coefficient (Wildman–Crippen LogP) is 2.70. The second-order valence-corrected chi connectivity index (χ2v) is 7.42. The van der Waals surface area contributed by atoms with Crippen molar-refractivity contribution in [2.24, 2.45) is 0 Å². The molecule has 6 nitrogen and oxygen atoms in total. The van der Waals surface area contributed by atoms with Crippen molar-refractivity contribution in [3.8, 4) is 0 Å². The lowest BCUT2D eigenvalue weighted by Crippen LogP contribution is -2.44. The lowest BCUT2D eigenvalue weighted by atomic mass is 10.1. The van der Waals surface area contributed by atoms with Crippen molar-refractivity contribution in [1.82, 2.24) is 10.3 Å². The molecule has 1 saturated heterocycles. The SMILES string of the molecule is C[C@@H](O)C(=O)N[C@@H]1C[C@@H]2CN(c3ccc(C(F)(F)F)cc3)c3cccnc3N2C1. The third kappa shape index (κ3) is 3.74. The zero-order valence-corrected chi connectivity index (χ0v) is 15.7. The Morgan fingerprint density at radius 2 is 1.97 bits per heavy atom. The van der Waals surface area contributed by atoms with E-state index in [9.17, 15) is 23.1 Å². The molecule has 3 heterocycles. The molecule has 0 spiro atoms. The van der Waals surface area contributed by atoms with Crippen LogP contribution in [0, 0.1) is 0 Å². The summed E-state index contributed by atoms with van der Waals surface area (Å²) in [5, 5.41) is 12.3. The number of aromatic nitrogens is 1. The molecule has 2 aliphatic heterocycles. The molecule has 1 aromatic heterocycles. The van der Waals surface area contributed by atoms with Crippen LogP contribution >= 0.6 is 0 Å². The van der Waals surface area contributed by atoms with Gasteiger partial charge in [0.2, 0.25) is 5.91 Å². The van der Waals surface area contributed by atoms with E-state index >= 15 is 0 Å². The summed E-state index contributed by atoms with van der Waals surface area (Å²) in [4.78, 5) is 20.4. The number of nitrogens with one attached hydrogen (secondary N) is 1. The van der Waals surface area contributed by atoms with E-state index < -0.39 is 23.8 Å². The maximum Gasteiger partial charge on any atom is 0.416 e. The van der Waals surface area contributed by atoms with E-state index in [0.29, 0.717) is 25.2 Å². The Hall–Kier alpha value is -2.81. The molecule has 1 amide bonds. The van der Waals surface area contributed by atoms with Crippen LogP contribution in [0.4, 0.5) is 30.4 Å². The number of hydrogen-bond acceptors (Lipinski definition) is 5. The summed E-state index contributed by atoms with van der Waals surface area (Å²) in [6, 6.07) is 8.68. The van der Waals surface area contributed by atoms with Crippen LogP contribution in [-0.4, -0.2) is 47.3 Å². The van der Waals surface area contributed by atoms with E-state index in [4.69, 9.17) is 0 Å². The van der Waals surface area contributed by atoms with Crippen LogP contribution in [0.1, 0.15) is 18.9 Å². The highest BCUT2D eigenvalue weighted by atomic mass is 19.4. The van der Waals surface area contributed by atoms with Crippen LogP contribution < -0.4 is 15.1 Å². The predicted molar refractivity (Wildman–Crippen MR) is 102 cm³/mol. The highest BCUT2D eigenvalue weighted by Gasteiger charge is 2.40. The fraction of sp³-hybridized carbons (Fsp3) is 0.400. The Morgan fingerprint density at radius 1 is 1.24 bits per heavy atom. The van der Waals surface area contributed by atoms with Gasteiger partial charge in [-0.2, -0.15) is 13.2 Å². The van der Waals surface area contributed by atoms with Gasteiger partial charge in [-0.05, 0) is 49.7 Å². The maximum absolute atomic E-state index is 12.9. The topological polar surface area (TPSA) is 68.7 Å². The minimum atomic E-state index is -4.38. The number of fused-ring (bicyclic) bond motifs is 3. The number of amides is 1. The molecule has 0 unspecified atom stereocenters. The molecule has 3 atom stereocenters. The first-order valence-electron chi connectivity index (χ1n) is 9.39. The van der Waals surface area contributed by atoms with Gasteiger partial charge >= 0.3 is 6.18 Å². The molecule has 154 valence electrons. The number of carbonyl (C=O) groups excluding carboxylic acids is 1. The molecule has 0 radical (unpaired) electrons. The molecule has 4 rings (SSSR count). The molecule has 1 fully saturated rings. The van der Waals surface area contributed by atoms with Crippen molar-refractivity contribution in [3.63, 3.8) is 0 Å². The van der Waals surface area contributed by atoms with E-state index in [2.05, 4.69) is 15.2 Å². The number of alkyl halides is 3. The average molecular weight is 406 g/mol. The van der Waals surface area contributed by atoms with Crippen LogP contribution in [0.2, 0.25) is 0 Å². The Balaban J connectivity index is 1.61. The van der Waals surface area contributed by atoms with E-state index in [1.807, 2.05) is 11.0 Å². The Morgan fingerprint density at radius 3 is 2.62 bits per heavy atom. The Bertz CT molecular complexity index is 901. The summed E-state index contributed by atoms with van der Waals surface area (Å²) in [6.07, 6.45) is -3.13. The Kier molecular flexibility index (Phi) is 4.85. The number of hydrogen-bond donors (Lipinski definition) is 2. The van der Waals surface area contributed by atoms with Crippen molar-refractivity contribution in [1.29, 1.82) is 0 Å². The minimum Gasteiger partial charge on any atom is -0.384 e. The number of anilines is 3. The zero-order valence-electron chi connectivity index (χ0n) is 15.7. The number of halogens is 3. The molecule has 2 aromatic rings. The molecule has 0 bridgehead atoms. The third-order valence-electron chi connectivity index (χ3n) is 5.37. The monoisotopic (exact) mass is 406 g/mol. The molecular weight excluding hydrogens is 385 g/mol. The first-order valence-corrected chi connectivity index (χ1v) is 9.39. The Labute approximate surface area is 166 Å². The second kappa shape index (κ2) is 7.22. The normalized spacial score (nSPS) is 22.1. The van der Waals surface area contributed by atoms with Gasteiger partial charge in [-0.15, -0.1) is 0 Å². The molecule has 9 heteroatoms. The van der Waals surface area contributed by atoms with E-state index in [1.165, 1.54) is 19.1 Å². The second-order valence-electron chi connectivity index (χ2n) is 7.42. The third-order valence-corrected chi connectivity index (χ3v) is 5.37. The number of rotatable bonds is 3. The fourth-order valence-corrected chi connectivity index (χ4v) is 3.98. The van der Waals surface area contributed by atoms with Gasteiger partial charge in [-0.3, -0.25) is 4.79 Å². The van der Waals surface area contributed by atoms with Gasteiger partial charge in [-0.25, -0.2) is 4.98 Å². The molecular formula is C20H21F3N4O2. The summed E-state index contributed by atoms with van der Waals surface area (Å²) in [7, 11) is 0. The van der Waals surface area contributed by atoms with Crippen molar-refractivity contribution in [2.75, 3.05) is 22.9 Å². The van der Waals surface area contributed by atoms with Gasteiger partial charge < -0.3 is 20.2 Å². The maximum atomic E-state index is 12.9. The van der Waals surface area contributed by atoms with Crippen LogP contribution in [0.3, 0.4) is 0 Å². The van der Waals surface area contributed by atoms with Gasteiger partial charge in [-0.1, -0.05) is 0 Å². The number of aliphatic hydroxyl groups is 1. The number of benzene rings is 1. The van der Waals surface area contributed by atoms with E-state index in [0.717, 1.165) is 23.6 Å². The van der Waals surface area contributed by atoms with Crippen molar-refractivity contribution < 1.29 is 23.1 Å². The van der Waals surface area contributed by atoms with Gasteiger partial charge in [0.05, 0.1) is 17.3 Å². The number of carbonyl (C=O) groups is 1. The zero-order chi connectivity index (χ0) is 20.8. The van der Waals surface area contributed by atoms with Gasteiger partial charge in [0, 0.05) is 31.0 Å². The van der Waals surface area contributed by atoms with E-state index in [1.54, 1.807) is 12.3 Å².